The van der Waals surface area contributed by atoms with Gasteiger partial charge < -0.3 is 9.15 Å². The zero-order chi connectivity index (χ0) is 20.7. The van der Waals surface area contributed by atoms with Gasteiger partial charge in [0.2, 0.25) is 0 Å². The molecular weight excluding hydrogens is 374 g/mol. The molecule has 1 atom stereocenters. The minimum atomic E-state index is -0.332. The average Bonchev–Trinajstić information content (AvgIpc) is 2.94. The van der Waals surface area contributed by atoms with E-state index >= 15 is 0 Å². The van der Waals surface area contributed by atoms with Crippen LogP contribution in [0.15, 0.2) is 82.0 Å². The molecule has 0 saturated carbocycles. The number of fused-ring (bicyclic) bond motifs is 3. The first-order chi connectivity index (χ1) is 14.7. The van der Waals surface area contributed by atoms with Gasteiger partial charge in [0.05, 0.1) is 35.6 Å². The Morgan fingerprint density at radius 3 is 2.47 bits per heavy atom. The molecule has 1 aliphatic rings. The molecular formula is C26H17NO3. The Morgan fingerprint density at radius 2 is 1.70 bits per heavy atom. The van der Waals surface area contributed by atoms with Crippen LogP contribution in [0.3, 0.4) is 0 Å². The number of ether oxygens (including phenoxy) is 1. The Labute approximate surface area is 173 Å². The lowest BCUT2D eigenvalue weighted by atomic mass is 9.85. The van der Waals surface area contributed by atoms with E-state index in [2.05, 4.69) is 6.07 Å². The number of para-hydroxylation sites is 1. The van der Waals surface area contributed by atoms with Gasteiger partial charge in [-0.25, -0.2) is 0 Å². The molecule has 0 fully saturated rings. The minimum absolute atomic E-state index is 0.133. The van der Waals surface area contributed by atoms with Crippen LogP contribution >= 0.6 is 0 Å². The number of hydrogen-bond donors (Lipinski definition) is 0. The summed E-state index contributed by atoms with van der Waals surface area (Å²) in [4.78, 5) is 13.4. The van der Waals surface area contributed by atoms with Crippen LogP contribution < -0.4 is 10.2 Å². The number of allylic oxidation sites excluding steroid dienone is 1. The van der Waals surface area contributed by atoms with E-state index in [1.807, 2.05) is 60.7 Å². The van der Waals surface area contributed by atoms with E-state index in [-0.39, 0.29) is 11.3 Å². The summed E-state index contributed by atoms with van der Waals surface area (Å²) < 4.78 is 11.6. The zero-order valence-corrected chi connectivity index (χ0v) is 16.3. The molecule has 0 spiro atoms. The van der Waals surface area contributed by atoms with Gasteiger partial charge in [0.25, 0.3) is 0 Å². The maximum Gasteiger partial charge on any atom is 0.200 e. The Kier molecular flexibility index (Phi) is 4.22. The second-order valence-corrected chi connectivity index (χ2v) is 7.17. The fourth-order valence-electron chi connectivity index (χ4n) is 4.10. The molecule has 0 bridgehead atoms. The quantitative estimate of drug-likeness (QED) is 0.461. The van der Waals surface area contributed by atoms with Crippen molar-refractivity contribution in [1.82, 2.24) is 0 Å². The Hall–Kier alpha value is -4.10. The van der Waals surface area contributed by atoms with E-state index in [1.165, 1.54) is 0 Å². The molecule has 0 radical (unpaired) electrons. The second kappa shape index (κ2) is 7.06. The highest BCUT2D eigenvalue weighted by molar-refractivity contribution is 5.94. The summed E-state index contributed by atoms with van der Waals surface area (Å²) >= 11 is 0. The normalized spacial score (nSPS) is 14.8. The molecule has 0 amide bonds. The highest BCUT2D eigenvalue weighted by atomic mass is 16.5. The molecule has 4 aromatic rings. The monoisotopic (exact) mass is 391 g/mol. The molecule has 1 aliphatic carbocycles. The van der Waals surface area contributed by atoms with E-state index in [1.54, 1.807) is 25.3 Å². The van der Waals surface area contributed by atoms with Crippen LogP contribution in [-0.2, 0) is 0 Å². The first-order valence-corrected chi connectivity index (χ1v) is 9.62. The first-order valence-electron chi connectivity index (χ1n) is 9.62. The molecule has 4 heteroatoms. The van der Waals surface area contributed by atoms with Crippen molar-refractivity contribution in [3.63, 3.8) is 0 Å². The van der Waals surface area contributed by atoms with Crippen molar-refractivity contribution in [2.24, 2.45) is 0 Å². The second-order valence-electron chi connectivity index (χ2n) is 7.17. The summed E-state index contributed by atoms with van der Waals surface area (Å²) in [6.07, 6.45) is 1.66. The van der Waals surface area contributed by atoms with E-state index in [4.69, 9.17) is 9.15 Å². The zero-order valence-electron chi connectivity index (χ0n) is 16.3. The van der Waals surface area contributed by atoms with Crippen LogP contribution in [0.2, 0.25) is 0 Å². The number of rotatable bonds is 2. The topological polar surface area (TPSA) is 63.2 Å². The summed E-state index contributed by atoms with van der Waals surface area (Å²) in [5.41, 5.74) is 3.95. The summed E-state index contributed by atoms with van der Waals surface area (Å²) in [5, 5.41) is 10.4. The van der Waals surface area contributed by atoms with Crippen LogP contribution in [0.4, 0.5) is 0 Å². The molecule has 1 heterocycles. The fourth-order valence-corrected chi connectivity index (χ4v) is 4.10. The average molecular weight is 391 g/mol. The SMILES string of the molecule is COc1ccc(C2c3ccccc3C(C#N)=Cc3c2oc2ccccc2c3=O)cc1. The van der Waals surface area contributed by atoms with Crippen LogP contribution in [0.25, 0.3) is 22.6 Å². The first kappa shape index (κ1) is 18.0. The lowest BCUT2D eigenvalue weighted by Crippen LogP contribution is -2.13. The van der Waals surface area contributed by atoms with Crippen molar-refractivity contribution in [3.8, 4) is 11.8 Å². The number of nitrogens with zero attached hydrogens (tertiary/aromatic N) is 1. The minimum Gasteiger partial charge on any atom is -0.497 e. The van der Waals surface area contributed by atoms with Crippen molar-refractivity contribution < 1.29 is 9.15 Å². The largest absolute Gasteiger partial charge is 0.497 e. The molecule has 0 saturated heterocycles. The number of hydrogen-bond acceptors (Lipinski definition) is 4. The number of nitriles is 1. The standard InChI is InChI=1S/C26H17NO3/c1-29-18-12-10-16(11-13-18)24-20-7-3-2-6-19(20)17(15-27)14-22-25(28)21-8-4-5-9-23(21)30-26(22)24/h2-14,24H,1H3. The molecule has 4 nitrogen and oxygen atoms in total. The molecule has 5 rings (SSSR count). The Bertz CT molecular complexity index is 1410. The van der Waals surface area contributed by atoms with Crippen molar-refractivity contribution in [2.75, 3.05) is 7.11 Å². The lowest BCUT2D eigenvalue weighted by molar-refractivity contribution is 0.414. The van der Waals surface area contributed by atoms with Gasteiger partial charge >= 0.3 is 0 Å². The van der Waals surface area contributed by atoms with Crippen molar-refractivity contribution in [1.29, 1.82) is 5.26 Å². The molecule has 1 unspecified atom stereocenters. The molecule has 30 heavy (non-hydrogen) atoms. The third-order valence-electron chi connectivity index (χ3n) is 5.54. The predicted octanol–water partition coefficient (Wildman–Crippen LogP) is 5.36. The summed E-state index contributed by atoms with van der Waals surface area (Å²) in [7, 11) is 1.62. The fraction of sp³-hybridized carbons (Fsp3) is 0.0769. The Morgan fingerprint density at radius 1 is 0.967 bits per heavy atom. The van der Waals surface area contributed by atoms with E-state index < -0.39 is 0 Å². The van der Waals surface area contributed by atoms with Gasteiger partial charge in [-0.15, -0.1) is 0 Å². The van der Waals surface area contributed by atoms with Crippen molar-refractivity contribution >= 4 is 22.6 Å². The van der Waals surface area contributed by atoms with Gasteiger partial charge in [-0.2, -0.15) is 5.26 Å². The summed E-state index contributed by atoms with van der Waals surface area (Å²) in [6.45, 7) is 0. The third kappa shape index (κ3) is 2.72. The number of methoxy groups -OCH3 is 1. The van der Waals surface area contributed by atoms with Crippen molar-refractivity contribution in [2.45, 2.75) is 5.92 Å². The van der Waals surface area contributed by atoms with E-state index in [9.17, 15) is 10.1 Å². The summed E-state index contributed by atoms with van der Waals surface area (Å²) in [5.74, 6) is 0.958. The van der Waals surface area contributed by atoms with Gasteiger partial charge in [-0.05, 0) is 47.0 Å². The molecule has 144 valence electrons. The molecule has 0 aliphatic heterocycles. The van der Waals surface area contributed by atoms with Crippen LogP contribution in [0.5, 0.6) is 5.75 Å². The van der Waals surface area contributed by atoms with Gasteiger partial charge in [0, 0.05) is 0 Å². The molecule has 0 N–H and O–H groups in total. The number of benzene rings is 3. The highest BCUT2D eigenvalue weighted by Crippen LogP contribution is 2.41. The third-order valence-corrected chi connectivity index (χ3v) is 5.54. The summed E-state index contributed by atoms with van der Waals surface area (Å²) in [6, 6.07) is 24.9. The predicted molar refractivity (Wildman–Crippen MR) is 116 cm³/mol. The highest BCUT2D eigenvalue weighted by Gasteiger charge is 2.30. The molecule has 3 aromatic carbocycles. The van der Waals surface area contributed by atoms with Gasteiger partial charge in [-0.3, -0.25) is 4.79 Å². The maximum atomic E-state index is 13.4. The van der Waals surface area contributed by atoms with Gasteiger partial charge in [0.15, 0.2) is 5.43 Å². The van der Waals surface area contributed by atoms with Crippen LogP contribution in [0.1, 0.15) is 33.9 Å². The smallest absolute Gasteiger partial charge is 0.200 e. The van der Waals surface area contributed by atoms with Crippen LogP contribution in [0, 0.1) is 11.3 Å². The van der Waals surface area contributed by atoms with Gasteiger partial charge in [0.1, 0.15) is 17.1 Å². The molecule has 1 aromatic heterocycles. The van der Waals surface area contributed by atoms with Crippen molar-refractivity contribution in [3.05, 3.63) is 111 Å². The van der Waals surface area contributed by atoms with Gasteiger partial charge in [-0.1, -0.05) is 48.5 Å². The Balaban J connectivity index is 1.90. The van der Waals surface area contributed by atoms with E-state index in [0.717, 1.165) is 22.4 Å². The lowest BCUT2D eigenvalue weighted by Gasteiger charge is -2.20. The maximum absolute atomic E-state index is 13.4. The van der Waals surface area contributed by atoms with E-state index in [0.29, 0.717) is 27.9 Å². The van der Waals surface area contributed by atoms with Crippen LogP contribution in [-0.4, -0.2) is 7.11 Å².